The third kappa shape index (κ3) is 2.43. The van der Waals surface area contributed by atoms with E-state index in [4.69, 9.17) is 0 Å². The smallest absolute Gasteiger partial charge is 0.00990 e. The lowest BCUT2D eigenvalue weighted by atomic mass is 9.82. The van der Waals surface area contributed by atoms with Crippen LogP contribution in [0.25, 0.3) is 34.1 Å². The summed E-state index contributed by atoms with van der Waals surface area (Å²) in [6, 6.07) is 22.1. The molecule has 0 aliphatic heterocycles. The molecule has 0 aromatic heterocycles. The SMILES string of the molecule is C(=C1C=c2cccc(-c3cccc4ccccc34)c2=C1)C12CCC(CC1)C2. The molecule has 27 heavy (non-hydrogen) atoms. The van der Waals surface area contributed by atoms with E-state index in [2.05, 4.69) is 78.9 Å². The Labute approximate surface area is 160 Å². The molecule has 0 nitrogen and oxygen atoms in total. The number of fused-ring (bicyclic) bond motifs is 4. The lowest BCUT2D eigenvalue weighted by Gasteiger charge is -2.22. The molecule has 0 amide bonds. The molecule has 0 saturated heterocycles. The van der Waals surface area contributed by atoms with Crippen LogP contribution >= 0.6 is 0 Å². The maximum atomic E-state index is 2.62. The van der Waals surface area contributed by atoms with Crippen LogP contribution in [0.2, 0.25) is 0 Å². The van der Waals surface area contributed by atoms with Gasteiger partial charge in [0.1, 0.15) is 0 Å². The van der Waals surface area contributed by atoms with Crippen molar-refractivity contribution in [3.8, 4) is 11.1 Å². The van der Waals surface area contributed by atoms with Crippen molar-refractivity contribution in [2.75, 3.05) is 0 Å². The summed E-state index contributed by atoms with van der Waals surface area (Å²) in [7, 11) is 0. The Morgan fingerprint density at radius 1 is 0.778 bits per heavy atom. The minimum atomic E-state index is 0.495. The molecule has 0 N–H and O–H groups in total. The van der Waals surface area contributed by atoms with E-state index in [1.807, 2.05) is 0 Å². The van der Waals surface area contributed by atoms with Gasteiger partial charge in [-0.3, -0.25) is 0 Å². The molecule has 0 heteroatoms. The molecule has 3 aliphatic carbocycles. The summed E-state index contributed by atoms with van der Waals surface area (Å²) in [5.74, 6) is 0.997. The van der Waals surface area contributed by atoms with Gasteiger partial charge in [0, 0.05) is 0 Å². The standard InChI is InChI=1S/C27H24/c1-2-8-23-21(5-1)6-3-9-24(23)25-10-4-7-22-15-20(16-26(22)25)18-27-13-11-19(17-27)12-14-27/h1-10,15-16,18-19H,11-14,17H2. The van der Waals surface area contributed by atoms with E-state index in [1.54, 1.807) is 0 Å². The Kier molecular flexibility index (Phi) is 3.26. The Balaban J connectivity index is 1.53. The first-order chi connectivity index (χ1) is 13.3. The van der Waals surface area contributed by atoms with Crippen molar-refractivity contribution in [1.29, 1.82) is 0 Å². The highest BCUT2D eigenvalue weighted by molar-refractivity contribution is 5.97. The summed E-state index contributed by atoms with van der Waals surface area (Å²) in [5, 5.41) is 5.42. The van der Waals surface area contributed by atoms with Gasteiger partial charge in [0.15, 0.2) is 0 Å². The van der Waals surface area contributed by atoms with Gasteiger partial charge in [0.05, 0.1) is 0 Å². The summed E-state index contributed by atoms with van der Waals surface area (Å²) in [5.41, 5.74) is 4.63. The number of hydrogen-bond donors (Lipinski definition) is 0. The fourth-order valence-electron chi connectivity index (χ4n) is 5.83. The molecule has 0 heterocycles. The highest BCUT2D eigenvalue weighted by Crippen LogP contribution is 2.55. The van der Waals surface area contributed by atoms with Gasteiger partial charge >= 0.3 is 0 Å². The third-order valence-corrected chi connectivity index (χ3v) is 7.12. The van der Waals surface area contributed by atoms with Crippen molar-refractivity contribution < 1.29 is 0 Å². The van der Waals surface area contributed by atoms with Gasteiger partial charge in [-0.15, -0.1) is 0 Å². The average Bonchev–Trinajstić information content (AvgIpc) is 3.41. The van der Waals surface area contributed by atoms with Gasteiger partial charge < -0.3 is 0 Å². The molecule has 3 aromatic carbocycles. The van der Waals surface area contributed by atoms with Crippen molar-refractivity contribution in [3.05, 3.63) is 82.8 Å². The van der Waals surface area contributed by atoms with Gasteiger partial charge in [0.2, 0.25) is 0 Å². The average molecular weight is 348 g/mol. The predicted molar refractivity (Wildman–Crippen MR) is 115 cm³/mol. The van der Waals surface area contributed by atoms with Gasteiger partial charge in [-0.1, -0.05) is 66.7 Å². The second kappa shape index (κ2) is 5.70. The lowest BCUT2D eigenvalue weighted by molar-refractivity contribution is 0.383. The van der Waals surface area contributed by atoms with Crippen molar-refractivity contribution in [1.82, 2.24) is 0 Å². The highest BCUT2D eigenvalue weighted by Gasteiger charge is 2.43. The Morgan fingerprint density at radius 3 is 2.41 bits per heavy atom. The van der Waals surface area contributed by atoms with Crippen LogP contribution in [0.15, 0.2) is 72.3 Å². The zero-order valence-corrected chi connectivity index (χ0v) is 15.6. The Morgan fingerprint density at radius 2 is 1.56 bits per heavy atom. The molecule has 0 spiro atoms. The first-order valence-corrected chi connectivity index (χ1v) is 10.3. The third-order valence-electron chi connectivity index (χ3n) is 7.12. The topological polar surface area (TPSA) is 0 Å². The molecule has 0 radical (unpaired) electrons. The number of benzene rings is 3. The molecular weight excluding hydrogens is 324 g/mol. The molecule has 0 unspecified atom stereocenters. The normalized spacial score (nSPS) is 27.0. The van der Waals surface area contributed by atoms with Gasteiger partial charge in [-0.05, 0) is 93.5 Å². The molecule has 2 fully saturated rings. The van der Waals surface area contributed by atoms with Crippen LogP contribution in [0.5, 0.6) is 0 Å². The van der Waals surface area contributed by atoms with Crippen molar-refractivity contribution in [2.45, 2.75) is 32.1 Å². The van der Waals surface area contributed by atoms with E-state index in [0.29, 0.717) is 5.41 Å². The van der Waals surface area contributed by atoms with Crippen molar-refractivity contribution in [2.24, 2.45) is 11.3 Å². The van der Waals surface area contributed by atoms with Gasteiger partial charge in [0.25, 0.3) is 0 Å². The van der Waals surface area contributed by atoms with E-state index >= 15 is 0 Å². The number of hydrogen-bond acceptors (Lipinski definition) is 0. The molecule has 0 atom stereocenters. The van der Waals surface area contributed by atoms with Gasteiger partial charge in [-0.25, -0.2) is 0 Å². The van der Waals surface area contributed by atoms with Gasteiger partial charge in [-0.2, -0.15) is 0 Å². The van der Waals surface area contributed by atoms with Crippen LogP contribution in [-0.2, 0) is 0 Å². The van der Waals surface area contributed by atoms with Crippen molar-refractivity contribution >= 4 is 22.9 Å². The molecular formula is C27H24. The first kappa shape index (κ1) is 15.5. The quantitative estimate of drug-likeness (QED) is 0.566. The first-order valence-electron chi connectivity index (χ1n) is 10.3. The molecule has 132 valence electrons. The van der Waals surface area contributed by atoms with Crippen LogP contribution in [0.3, 0.4) is 0 Å². The minimum absolute atomic E-state index is 0.495. The van der Waals surface area contributed by atoms with Crippen LogP contribution in [-0.4, -0.2) is 0 Å². The molecule has 3 aliphatic rings. The summed E-state index contributed by atoms with van der Waals surface area (Å²) in [6.07, 6.45) is 14.6. The van der Waals surface area contributed by atoms with Crippen LogP contribution in [0.1, 0.15) is 32.1 Å². The summed E-state index contributed by atoms with van der Waals surface area (Å²) < 4.78 is 0. The Bertz CT molecular complexity index is 1200. The van der Waals surface area contributed by atoms with E-state index < -0.39 is 0 Å². The lowest BCUT2D eigenvalue weighted by Crippen LogP contribution is -2.23. The maximum Gasteiger partial charge on any atom is -0.00990 e. The summed E-state index contributed by atoms with van der Waals surface area (Å²) in [6.45, 7) is 0. The molecule has 3 aromatic rings. The predicted octanol–water partition coefficient (Wildman–Crippen LogP) is 5.59. The van der Waals surface area contributed by atoms with Crippen LogP contribution in [0, 0.1) is 11.3 Å². The maximum absolute atomic E-state index is 2.62. The second-order valence-corrected chi connectivity index (χ2v) is 8.78. The minimum Gasteiger partial charge on any atom is -0.0710 e. The zero-order chi connectivity index (χ0) is 17.8. The zero-order valence-electron chi connectivity index (χ0n) is 15.6. The van der Waals surface area contributed by atoms with Crippen LogP contribution in [0.4, 0.5) is 0 Å². The van der Waals surface area contributed by atoms with E-state index in [1.165, 1.54) is 70.0 Å². The highest BCUT2D eigenvalue weighted by atomic mass is 14.5. The molecule has 2 saturated carbocycles. The molecule has 6 rings (SSSR count). The number of rotatable bonds is 2. The summed E-state index contributed by atoms with van der Waals surface area (Å²) >= 11 is 0. The van der Waals surface area contributed by atoms with E-state index in [9.17, 15) is 0 Å². The summed E-state index contributed by atoms with van der Waals surface area (Å²) in [4.78, 5) is 0. The van der Waals surface area contributed by atoms with E-state index in [-0.39, 0.29) is 0 Å². The largest absolute Gasteiger partial charge is 0.0710 e. The van der Waals surface area contributed by atoms with E-state index in [0.717, 1.165) is 5.92 Å². The monoisotopic (exact) mass is 348 g/mol. The number of allylic oxidation sites excluding steroid dienone is 2. The fraction of sp³-hybridized carbons (Fsp3) is 0.259. The molecule has 2 bridgehead atoms. The Hall–Kier alpha value is -2.60. The van der Waals surface area contributed by atoms with Crippen LogP contribution < -0.4 is 10.4 Å². The fourth-order valence-corrected chi connectivity index (χ4v) is 5.83. The van der Waals surface area contributed by atoms with Crippen molar-refractivity contribution in [3.63, 3.8) is 0 Å². The second-order valence-electron chi connectivity index (χ2n) is 8.78.